The fourth-order valence-electron chi connectivity index (χ4n) is 3.25. The summed E-state index contributed by atoms with van der Waals surface area (Å²) in [5.41, 5.74) is 2.12. The summed E-state index contributed by atoms with van der Waals surface area (Å²) in [6.07, 6.45) is 0. The lowest BCUT2D eigenvalue weighted by Gasteiger charge is -2.24. The molecule has 3 aromatic carbocycles. The normalized spacial score (nSPS) is 14.0. The van der Waals surface area contributed by atoms with E-state index in [-0.39, 0.29) is 11.8 Å². The second-order valence-electron chi connectivity index (χ2n) is 6.03. The summed E-state index contributed by atoms with van der Waals surface area (Å²) in [5, 5.41) is 4.79. The van der Waals surface area contributed by atoms with E-state index in [9.17, 15) is 9.59 Å². The maximum atomic E-state index is 12.9. The largest absolute Gasteiger partial charge is 0.324 e. The first kappa shape index (κ1) is 15.8. The van der Waals surface area contributed by atoms with Gasteiger partial charge in [-0.25, -0.2) is 0 Å². The number of carbonyl (C=O) groups excluding carboxylic acids is 2. The molecule has 0 unspecified atom stereocenters. The Kier molecular flexibility index (Phi) is 3.81. The van der Waals surface area contributed by atoms with Gasteiger partial charge in [0.25, 0.3) is 5.91 Å². The fraction of sp³-hybridized carbons (Fsp3) is 0.100. The molecule has 0 aromatic heterocycles. The first-order valence-corrected chi connectivity index (χ1v) is 8.77. The van der Waals surface area contributed by atoms with E-state index < -0.39 is 6.04 Å². The SMILES string of the molecule is C[C@@H](C(=O)Nc1cccc(Br)c1)N1C(=O)c2cccc3cccc1c23. The van der Waals surface area contributed by atoms with Crippen LogP contribution in [0.4, 0.5) is 11.4 Å². The third-order valence-corrected chi connectivity index (χ3v) is 4.94. The van der Waals surface area contributed by atoms with E-state index in [0.29, 0.717) is 11.3 Å². The highest BCUT2D eigenvalue weighted by Gasteiger charge is 2.35. The van der Waals surface area contributed by atoms with Gasteiger partial charge in [-0.2, -0.15) is 0 Å². The zero-order valence-electron chi connectivity index (χ0n) is 13.5. The number of carbonyl (C=O) groups is 2. The van der Waals surface area contributed by atoms with E-state index in [2.05, 4.69) is 21.2 Å². The van der Waals surface area contributed by atoms with Crippen molar-refractivity contribution in [2.45, 2.75) is 13.0 Å². The van der Waals surface area contributed by atoms with Crippen molar-refractivity contribution < 1.29 is 9.59 Å². The van der Waals surface area contributed by atoms with Gasteiger partial charge in [0.15, 0.2) is 0 Å². The summed E-state index contributed by atoms with van der Waals surface area (Å²) >= 11 is 3.39. The van der Waals surface area contributed by atoms with E-state index in [4.69, 9.17) is 0 Å². The lowest BCUT2D eigenvalue weighted by molar-refractivity contribution is -0.117. The van der Waals surface area contributed by atoms with Gasteiger partial charge < -0.3 is 5.32 Å². The van der Waals surface area contributed by atoms with E-state index in [1.165, 1.54) is 0 Å². The predicted molar refractivity (Wildman–Crippen MR) is 103 cm³/mol. The Labute approximate surface area is 153 Å². The fourth-order valence-corrected chi connectivity index (χ4v) is 3.65. The number of hydrogen-bond acceptors (Lipinski definition) is 2. The van der Waals surface area contributed by atoms with Crippen LogP contribution in [0.2, 0.25) is 0 Å². The van der Waals surface area contributed by atoms with Crippen LogP contribution in [0.3, 0.4) is 0 Å². The molecule has 0 saturated carbocycles. The van der Waals surface area contributed by atoms with Crippen LogP contribution in [-0.4, -0.2) is 17.9 Å². The van der Waals surface area contributed by atoms with Crippen LogP contribution < -0.4 is 10.2 Å². The summed E-state index contributed by atoms with van der Waals surface area (Å²) in [5.74, 6) is -0.361. The number of nitrogens with zero attached hydrogens (tertiary/aromatic N) is 1. The highest BCUT2D eigenvalue weighted by molar-refractivity contribution is 9.10. The smallest absolute Gasteiger partial charge is 0.259 e. The summed E-state index contributed by atoms with van der Waals surface area (Å²) in [6.45, 7) is 1.75. The molecule has 1 atom stereocenters. The van der Waals surface area contributed by atoms with Gasteiger partial charge in [-0.3, -0.25) is 14.5 Å². The molecule has 4 nitrogen and oxygen atoms in total. The third kappa shape index (κ3) is 2.61. The maximum absolute atomic E-state index is 12.9. The molecular weight excluding hydrogens is 380 g/mol. The minimum atomic E-state index is -0.621. The Bertz CT molecular complexity index is 1010. The summed E-state index contributed by atoms with van der Waals surface area (Å²) < 4.78 is 0.882. The molecule has 1 heterocycles. The standard InChI is InChI=1S/C20H15BrN2O2/c1-12(19(24)22-15-8-4-7-14(21)11-15)23-17-10-3-6-13-5-2-9-16(18(13)17)20(23)25/h2-12H,1H3,(H,22,24)/t12-/m0/s1. The molecule has 1 N–H and O–H groups in total. The predicted octanol–water partition coefficient (Wildman–Crippen LogP) is 4.59. The van der Waals surface area contributed by atoms with E-state index in [0.717, 1.165) is 20.9 Å². The molecule has 0 spiro atoms. The van der Waals surface area contributed by atoms with Crippen molar-refractivity contribution in [2.75, 3.05) is 10.2 Å². The molecule has 5 heteroatoms. The van der Waals surface area contributed by atoms with E-state index in [1.54, 1.807) is 11.8 Å². The van der Waals surface area contributed by atoms with Crippen molar-refractivity contribution in [1.82, 2.24) is 0 Å². The van der Waals surface area contributed by atoms with E-state index >= 15 is 0 Å². The molecule has 1 aliphatic rings. The molecule has 124 valence electrons. The first-order chi connectivity index (χ1) is 12.1. The van der Waals surface area contributed by atoms with Crippen molar-refractivity contribution >= 4 is 49.9 Å². The van der Waals surface area contributed by atoms with Gasteiger partial charge >= 0.3 is 0 Å². The molecule has 0 bridgehead atoms. The number of hydrogen-bond donors (Lipinski definition) is 1. The lowest BCUT2D eigenvalue weighted by Crippen LogP contribution is -2.44. The summed E-state index contributed by atoms with van der Waals surface area (Å²) in [4.78, 5) is 27.1. The molecule has 4 rings (SSSR count). The van der Waals surface area contributed by atoms with Crippen LogP contribution in [0.1, 0.15) is 17.3 Å². The number of halogens is 1. The highest BCUT2D eigenvalue weighted by atomic mass is 79.9. The summed E-state index contributed by atoms with van der Waals surface area (Å²) in [7, 11) is 0. The number of amides is 2. The van der Waals surface area contributed by atoms with Crippen LogP contribution in [0, 0.1) is 0 Å². The maximum Gasteiger partial charge on any atom is 0.259 e. The summed E-state index contributed by atoms with van der Waals surface area (Å²) in [6, 6.07) is 18.2. The van der Waals surface area contributed by atoms with Crippen molar-refractivity contribution in [3.8, 4) is 0 Å². The van der Waals surface area contributed by atoms with Crippen LogP contribution in [0.25, 0.3) is 10.8 Å². The number of benzene rings is 3. The molecule has 25 heavy (non-hydrogen) atoms. The molecule has 2 amide bonds. The van der Waals surface area contributed by atoms with Gasteiger partial charge in [0.1, 0.15) is 6.04 Å². The molecule has 0 fully saturated rings. The second-order valence-corrected chi connectivity index (χ2v) is 6.95. The Hall–Kier alpha value is -2.66. The number of anilines is 2. The average molecular weight is 395 g/mol. The second kappa shape index (κ2) is 6.01. The highest BCUT2D eigenvalue weighted by Crippen LogP contribution is 2.38. The molecule has 3 aromatic rings. The van der Waals surface area contributed by atoms with Crippen LogP contribution in [0.15, 0.2) is 65.1 Å². The lowest BCUT2D eigenvalue weighted by atomic mass is 10.1. The molecule has 0 aliphatic carbocycles. The number of nitrogens with one attached hydrogen (secondary N) is 1. The molecule has 0 radical (unpaired) electrons. The monoisotopic (exact) mass is 394 g/mol. The van der Waals surface area contributed by atoms with Gasteiger partial charge in [-0.05, 0) is 42.6 Å². The van der Waals surface area contributed by atoms with E-state index in [1.807, 2.05) is 60.7 Å². The quantitative estimate of drug-likeness (QED) is 0.705. The Balaban J connectivity index is 1.67. The van der Waals surface area contributed by atoms with Gasteiger partial charge in [0, 0.05) is 21.1 Å². The molecular formula is C20H15BrN2O2. The zero-order chi connectivity index (χ0) is 17.6. The Morgan fingerprint density at radius 1 is 1.08 bits per heavy atom. The first-order valence-electron chi connectivity index (χ1n) is 7.98. The van der Waals surface area contributed by atoms with Gasteiger partial charge in [0.2, 0.25) is 5.91 Å². The average Bonchev–Trinajstić information content (AvgIpc) is 2.89. The number of rotatable bonds is 3. The van der Waals surface area contributed by atoms with Crippen molar-refractivity contribution in [2.24, 2.45) is 0 Å². The minimum Gasteiger partial charge on any atom is -0.324 e. The molecule has 1 aliphatic heterocycles. The Morgan fingerprint density at radius 3 is 2.56 bits per heavy atom. The topological polar surface area (TPSA) is 49.4 Å². The van der Waals surface area contributed by atoms with Crippen LogP contribution >= 0.6 is 15.9 Å². The van der Waals surface area contributed by atoms with Gasteiger partial charge in [0.05, 0.1) is 5.69 Å². The third-order valence-electron chi connectivity index (χ3n) is 4.45. The van der Waals surface area contributed by atoms with Gasteiger partial charge in [-0.1, -0.05) is 46.3 Å². The zero-order valence-corrected chi connectivity index (χ0v) is 15.1. The van der Waals surface area contributed by atoms with Crippen LogP contribution in [0.5, 0.6) is 0 Å². The van der Waals surface area contributed by atoms with Crippen LogP contribution in [-0.2, 0) is 4.79 Å². The van der Waals surface area contributed by atoms with Gasteiger partial charge in [-0.15, -0.1) is 0 Å². The minimum absolute atomic E-state index is 0.135. The van der Waals surface area contributed by atoms with Crippen molar-refractivity contribution in [1.29, 1.82) is 0 Å². The Morgan fingerprint density at radius 2 is 1.80 bits per heavy atom. The van der Waals surface area contributed by atoms with Crippen molar-refractivity contribution in [3.05, 3.63) is 70.7 Å². The van der Waals surface area contributed by atoms with Crippen molar-refractivity contribution in [3.63, 3.8) is 0 Å². The molecule has 0 saturated heterocycles.